The van der Waals surface area contributed by atoms with Gasteiger partial charge in [0.2, 0.25) is 11.9 Å². The van der Waals surface area contributed by atoms with E-state index in [1.54, 1.807) is 25.2 Å². The van der Waals surface area contributed by atoms with Crippen LogP contribution in [0.5, 0.6) is 0 Å². The van der Waals surface area contributed by atoms with Gasteiger partial charge in [0.1, 0.15) is 23.3 Å². The third-order valence-corrected chi connectivity index (χ3v) is 9.90. The molecule has 0 radical (unpaired) electrons. The lowest BCUT2D eigenvalue weighted by Crippen LogP contribution is -2.48. The maximum atomic E-state index is 13.3. The van der Waals surface area contributed by atoms with E-state index in [2.05, 4.69) is 40.4 Å². The molecule has 0 bridgehead atoms. The number of aromatic nitrogens is 4. The topological polar surface area (TPSA) is 278 Å². The van der Waals surface area contributed by atoms with Gasteiger partial charge in [0.15, 0.2) is 11.2 Å². The second-order valence-corrected chi connectivity index (χ2v) is 13.8. The van der Waals surface area contributed by atoms with Gasteiger partial charge in [0.05, 0.1) is 31.6 Å². The maximum absolute atomic E-state index is 13.3. The summed E-state index contributed by atoms with van der Waals surface area (Å²) in [6.45, 7) is 1.86. The van der Waals surface area contributed by atoms with Gasteiger partial charge in [-0.2, -0.15) is 4.98 Å². The van der Waals surface area contributed by atoms with Crippen molar-refractivity contribution in [1.82, 2.24) is 25.3 Å². The van der Waals surface area contributed by atoms with Gasteiger partial charge in [-0.15, -0.1) is 0 Å². The van der Waals surface area contributed by atoms with Crippen LogP contribution in [-0.2, 0) is 43.9 Å². The number of terminal acetylenes is 1. The van der Waals surface area contributed by atoms with Gasteiger partial charge in [-0.3, -0.25) is 43.3 Å². The van der Waals surface area contributed by atoms with Gasteiger partial charge in [-0.1, -0.05) is 19.3 Å². The molecule has 54 heavy (non-hydrogen) atoms. The van der Waals surface area contributed by atoms with Gasteiger partial charge in [-0.05, 0) is 63.3 Å². The largest absolute Gasteiger partial charge is 0.538 e. The molecule has 288 valence electrons. The highest BCUT2D eigenvalue weighted by Crippen LogP contribution is 2.49. The molecule has 2 heterocycles. The lowest BCUT2D eigenvalue weighted by molar-refractivity contribution is -0.145. The van der Waals surface area contributed by atoms with Crippen LogP contribution < -0.4 is 21.5 Å². The fraction of sp³-hybridized carbons (Fsp3) is 0.441. The molecule has 20 heteroatoms. The van der Waals surface area contributed by atoms with Gasteiger partial charge in [0.25, 0.3) is 11.5 Å². The first-order chi connectivity index (χ1) is 25.8. The lowest BCUT2D eigenvalue weighted by Gasteiger charge is -2.38. The van der Waals surface area contributed by atoms with E-state index in [1.165, 1.54) is 18.3 Å². The van der Waals surface area contributed by atoms with Crippen molar-refractivity contribution in [3.8, 4) is 12.5 Å². The van der Waals surface area contributed by atoms with Crippen LogP contribution in [-0.4, -0.2) is 78.9 Å². The summed E-state index contributed by atoms with van der Waals surface area (Å²) in [5, 5.41) is 26.0. The molecular weight excluding hydrogens is 729 g/mol. The normalized spacial score (nSPS) is 14.7. The summed E-state index contributed by atoms with van der Waals surface area (Å²) in [6.07, 6.45) is 10.5. The van der Waals surface area contributed by atoms with Crippen LogP contribution in [0.4, 0.5) is 11.6 Å². The second kappa shape index (κ2) is 18.9. The third kappa shape index (κ3) is 10.9. The Kier molecular flexibility index (Phi) is 14.4. The monoisotopic (exact) mass is 769 g/mol. The molecule has 1 unspecified atom stereocenters. The van der Waals surface area contributed by atoms with Crippen LogP contribution in [0.3, 0.4) is 0 Å². The number of hydrogen-bond acceptors (Lipinski definition) is 14. The number of aromatic amines is 1. The Hall–Kier alpha value is -5.70. The number of carbonyl (C=O) groups is 5. The number of carboxylic acids is 2. The summed E-state index contributed by atoms with van der Waals surface area (Å²) in [6, 6.07) is 4.67. The van der Waals surface area contributed by atoms with E-state index in [0.29, 0.717) is 49.9 Å². The molecule has 1 aliphatic carbocycles. The molecule has 6 N–H and O–H groups in total. The highest BCUT2D eigenvalue weighted by atomic mass is 31.2. The van der Waals surface area contributed by atoms with Crippen molar-refractivity contribution in [2.75, 3.05) is 23.8 Å². The predicted octanol–water partition coefficient (Wildman–Crippen LogP) is 3.38. The molecule has 3 aromatic rings. The van der Waals surface area contributed by atoms with Gasteiger partial charge < -0.3 is 25.4 Å². The number of carbonyl (C=O) groups excluding carboxylic acids is 3. The average molecular weight is 770 g/mol. The number of carboxylic acid groups (broad SMARTS) is 2. The first kappa shape index (κ1) is 41.1. The van der Waals surface area contributed by atoms with E-state index in [-0.39, 0.29) is 61.1 Å². The minimum absolute atomic E-state index is 0.0334. The van der Waals surface area contributed by atoms with E-state index in [4.69, 9.17) is 20.6 Å². The molecule has 1 aromatic carbocycles. The van der Waals surface area contributed by atoms with Crippen LogP contribution >= 0.6 is 7.82 Å². The molecule has 1 saturated carbocycles. The number of phosphoric acid groups is 1. The zero-order chi connectivity index (χ0) is 39.3. The number of nitrogens with one attached hydrogen (secondary N) is 4. The first-order valence-electron chi connectivity index (χ1n) is 17.0. The van der Waals surface area contributed by atoms with E-state index < -0.39 is 55.0 Å². The number of anilines is 2. The van der Waals surface area contributed by atoms with Crippen molar-refractivity contribution in [1.29, 1.82) is 0 Å². The molecule has 1 aliphatic rings. The Morgan fingerprint density at radius 1 is 1.06 bits per heavy atom. The highest BCUT2D eigenvalue weighted by molar-refractivity contribution is 7.48. The molecule has 0 spiro atoms. The van der Waals surface area contributed by atoms with Crippen LogP contribution in [0.15, 0.2) is 35.3 Å². The number of ketones is 1. The summed E-state index contributed by atoms with van der Waals surface area (Å²) in [7, 11) is -3.84. The molecular formula is C34H40N7O12P. The molecule has 2 amide bonds. The molecule has 2 aromatic heterocycles. The third-order valence-electron chi connectivity index (χ3n) is 8.50. The van der Waals surface area contributed by atoms with Crippen molar-refractivity contribution in [2.45, 2.75) is 77.3 Å². The average Bonchev–Trinajstić information content (AvgIpc) is 3.10. The second-order valence-electron chi connectivity index (χ2n) is 12.2. The minimum Gasteiger partial charge on any atom is -0.481 e. The number of H-pyrrole nitrogens is 1. The summed E-state index contributed by atoms with van der Waals surface area (Å²) in [4.78, 5) is 89.4. The number of amides is 2. The summed E-state index contributed by atoms with van der Waals surface area (Å²) >= 11 is 0. The quantitative estimate of drug-likeness (QED) is 0.0370. The van der Waals surface area contributed by atoms with E-state index in [1.807, 2.05) is 0 Å². The number of aliphatic carboxylic acids is 2. The molecule has 0 aliphatic heterocycles. The van der Waals surface area contributed by atoms with Crippen LogP contribution in [0, 0.1) is 17.9 Å². The zero-order valence-electron chi connectivity index (χ0n) is 29.3. The number of unbranched alkanes of at least 4 members (excludes halogenated alkanes) is 2. The summed E-state index contributed by atoms with van der Waals surface area (Å²) < 4.78 is 27.0. The van der Waals surface area contributed by atoms with Gasteiger partial charge in [-0.25, -0.2) is 19.3 Å². The lowest BCUT2D eigenvalue weighted by atomic mass is 9.64. The maximum Gasteiger partial charge on any atom is 0.538 e. The van der Waals surface area contributed by atoms with E-state index in [9.17, 15) is 38.4 Å². The number of nitrogens with zero attached hydrogens (tertiary/aromatic N) is 3. The van der Waals surface area contributed by atoms with Gasteiger partial charge >= 0.3 is 19.8 Å². The Morgan fingerprint density at radius 3 is 2.43 bits per heavy atom. The molecule has 0 saturated heterocycles. The van der Waals surface area contributed by atoms with E-state index in [0.717, 1.165) is 0 Å². The number of Topliss-reactive ketones (excluding diaryl/α,β-unsaturated/α-hetero) is 1. The highest BCUT2D eigenvalue weighted by Gasteiger charge is 2.50. The number of hydrogen-bond donors (Lipinski definition) is 6. The minimum atomic E-state index is -3.84. The summed E-state index contributed by atoms with van der Waals surface area (Å²) in [5.74, 6) is -4.20. The molecule has 4 rings (SSSR count). The van der Waals surface area contributed by atoms with Crippen molar-refractivity contribution >= 4 is 60.2 Å². The standard InChI is InChI=1S/C34H40N7O12P/c1-3-51-54(50,52-4-2)53-18-7-5-6-9-25(42)34(16-8-17-34)32(49)41-33-39-28-27(30(46)40-33)37-23(20-36-28)19-35-22-12-10-21(11-13-22)29(45)38-24(31(47)48)14-15-26(43)44/h1,10-13,20,24,35H,4-9,14-19H2,2H3,(H,38,45)(H,43,44)(H,47,48)(H2,36,39,40,41,46,49)/t24-,54?/m0/s1. The predicted molar refractivity (Wildman–Crippen MR) is 191 cm³/mol. The number of benzene rings is 1. The fourth-order valence-corrected chi connectivity index (χ4v) is 6.46. The fourth-order valence-electron chi connectivity index (χ4n) is 5.48. The SMILES string of the molecule is C#COP(=O)(OCC)OCCCCCC(=O)C1(C(=O)Nc2nc3ncc(CNc4ccc(C(=O)N[C@@H](CCC(=O)O)C(=O)O)cc4)nc3c(=O)[nH]2)CCC1. The molecule has 1 fully saturated rings. The summed E-state index contributed by atoms with van der Waals surface area (Å²) in [5.41, 5.74) is -0.948. The Bertz CT molecular complexity index is 2010. The Morgan fingerprint density at radius 2 is 1.80 bits per heavy atom. The first-order valence-corrected chi connectivity index (χ1v) is 18.5. The molecule has 19 nitrogen and oxygen atoms in total. The number of fused-ring (bicyclic) bond motifs is 1. The van der Waals surface area contributed by atoms with E-state index >= 15 is 0 Å². The van der Waals surface area contributed by atoms with Crippen LogP contribution in [0.2, 0.25) is 0 Å². The number of rotatable bonds is 22. The van der Waals surface area contributed by atoms with Crippen molar-refractivity contribution < 1.29 is 52.3 Å². The van der Waals surface area contributed by atoms with Crippen molar-refractivity contribution in [3.63, 3.8) is 0 Å². The van der Waals surface area contributed by atoms with Crippen LogP contribution in [0.1, 0.15) is 80.8 Å². The van der Waals surface area contributed by atoms with Gasteiger partial charge in [0, 0.05) is 24.1 Å². The molecule has 2 atom stereocenters. The zero-order valence-corrected chi connectivity index (χ0v) is 30.2. The van der Waals surface area contributed by atoms with Crippen molar-refractivity contribution in [3.05, 3.63) is 52.1 Å². The Labute approximate surface area is 308 Å². The number of phosphoric ester groups is 1. The smallest absolute Gasteiger partial charge is 0.481 e. The van der Waals surface area contributed by atoms with Crippen molar-refractivity contribution in [2.24, 2.45) is 5.41 Å². The van der Waals surface area contributed by atoms with Crippen LogP contribution in [0.25, 0.3) is 11.2 Å². The Balaban J connectivity index is 1.29.